The maximum absolute atomic E-state index is 6.08. The Balaban J connectivity index is 2.29. The van der Waals surface area contributed by atoms with Crippen molar-refractivity contribution >= 4 is 21.6 Å². The molecule has 18 heavy (non-hydrogen) atoms. The van der Waals surface area contributed by atoms with E-state index in [1.807, 2.05) is 6.92 Å². The lowest BCUT2D eigenvalue weighted by Crippen LogP contribution is -2.31. The number of benzene rings is 1. The Bertz CT molecular complexity index is 405. The third-order valence-electron chi connectivity index (χ3n) is 3.32. The van der Waals surface area contributed by atoms with Crippen LogP contribution in [0.15, 0.2) is 22.7 Å². The Morgan fingerprint density at radius 1 is 1.50 bits per heavy atom. The second kappa shape index (κ2) is 6.04. The molecule has 1 atom stereocenters. The lowest BCUT2D eigenvalue weighted by molar-refractivity contribution is 0.205. The van der Waals surface area contributed by atoms with E-state index < -0.39 is 0 Å². The summed E-state index contributed by atoms with van der Waals surface area (Å²) in [7, 11) is 1.75. The average Bonchev–Trinajstić information content (AvgIpc) is 3.13. The van der Waals surface area contributed by atoms with Crippen LogP contribution in [0.3, 0.4) is 0 Å². The fraction of sp³-hybridized carbons (Fsp3) is 0.571. The number of hydrogen-bond acceptors (Lipinski definition) is 3. The van der Waals surface area contributed by atoms with Gasteiger partial charge in [-0.2, -0.15) is 0 Å². The summed E-state index contributed by atoms with van der Waals surface area (Å²) in [5.41, 5.74) is 8.54. The Hall–Kier alpha value is -0.580. The molecular formula is C14H21BrN2O. The van der Waals surface area contributed by atoms with Gasteiger partial charge in [-0.25, -0.2) is 0 Å². The lowest BCUT2D eigenvalue weighted by Gasteiger charge is -2.28. The summed E-state index contributed by atoms with van der Waals surface area (Å²) in [4.78, 5) is 2.44. The number of nitrogens with zero attached hydrogens (tertiary/aromatic N) is 1. The molecule has 0 saturated heterocycles. The van der Waals surface area contributed by atoms with E-state index in [2.05, 4.69) is 39.0 Å². The number of nitrogens with two attached hydrogens (primary N) is 1. The zero-order valence-corrected chi connectivity index (χ0v) is 12.6. The van der Waals surface area contributed by atoms with Gasteiger partial charge in [0, 0.05) is 35.9 Å². The fourth-order valence-electron chi connectivity index (χ4n) is 2.23. The van der Waals surface area contributed by atoms with Crippen LogP contribution in [-0.4, -0.2) is 26.3 Å². The molecular weight excluding hydrogens is 292 g/mol. The summed E-state index contributed by atoms with van der Waals surface area (Å²) in [6, 6.07) is 7.06. The third-order valence-corrected chi connectivity index (χ3v) is 3.81. The van der Waals surface area contributed by atoms with E-state index in [4.69, 9.17) is 10.5 Å². The highest BCUT2D eigenvalue weighted by molar-refractivity contribution is 9.10. The largest absolute Gasteiger partial charge is 0.383 e. The molecule has 0 amide bonds. The van der Waals surface area contributed by atoms with Gasteiger partial charge in [-0.15, -0.1) is 0 Å². The van der Waals surface area contributed by atoms with Crippen molar-refractivity contribution < 1.29 is 4.74 Å². The number of anilines is 1. The molecule has 1 fully saturated rings. The smallest absolute Gasteiger partial charge is 0.0637 e. The standard InChI is InChI=1S/C14H21BrN2O/c1-10(16)13-6-3-11(15)9-14(13)17(7-8-18-2)12-4-5-12/h3,6,9-10,12H,4-5,7-8,16H2,1-2H3. The van der Waals surface area contributed by atoms with E-state index in [9.17, 15) is 0 Å². The van der Waals surface area contributed by atoms with Gasteiger partial charge in [0.1, 0.15) is 0 Å². The van der Waals surface area contributed by atoms with Crippen molar-refractivity contribution in [2.45, 2.75) is 31.8 Å². The third kappa shape index (κ3) is 3.25. The van der Waals surface area contributed by atoms with E-state index in [-0.39, 0.29) is 6.04 Å². The zero-order chi connectivity index (χ0) is 13.1. The summed E-state index contributed by atoms with van der Waals surface area (Å²) in [6.45, 7) is 3.72. The highest BCUT2D eigenvalue weighted by Crippen LogP contribution is 2.36. The second-order valence-corrected chi connectivity index (χ2v) is 5.82. The summed E-state index contributed by atoms with van der Waals surface area (Å²) in [5.74, 6) is 0. The van der Waals surface area contributed by atoms with Crippen LogP contribution in [0.2, 0.25) is 0 Å². The predicted octanol–water partition coefficient (Wildman–Crippen LogP) is 3.08. The number of halogens is 1. The monoisotopic (exact) mass is 312 g/mol. The molecule has 1 saturated carbocycles. The number of rotatable bonds is 6. The normalized spacial score (nSPS) is 16.7. The molecule has 0 radical (unpaired) electrons. The first-order chi connectivity index (χ1) is 8.63. The molecule has 1 aromatic carbocycles. The molecule has 0 bridgehead atoms. The Morgan fingerprint density at radius 3 is 2.78 bits per heavy atom. The first-order valence-corrected chi connectivity index (χ1v) is 7.23. The van der Waals surface area contributed by atoms with Gasteiger partial charge in [0.2, 0.25) is 0 Å². The summed E-state index contributed by atoms with van der Waals surface area (Å²) in [5, 5.41) is 0. The van der Waals surface area contributed by atoms with Crippen LogP contribution in [0.5, 0.6) is 0 Å². The van der Waals surface area contributed by atoms with E-state index in [0.29, 0.717) is 6.04 Å². The second-order valence-electron chi connectivity index (χ2n) is 4.91. The average molecular weight is 313 g/mol. The lowest BCUT2D eigenvalue weighted by atomic mass is 10.1. The Morgan fingerprint density at radius 2 is 2.22 bits per heavy atom. The first-order valence-electron chi connectivity index (χ1n) is 6.44. The molecule has 0 aromatic heterocycles. The van der Waals surface area contributed by atoms with Gasteiger partial charge >= 0.3 is 0 Å². The van der Waals surface area contributed by atoms with Crippen molar-refractivity contribution in [2.75, 3.05) is 25.2 Å². The van der Waals surface area contributed by atoms with Crippen molar-refractivity contribution in [3.8, 4) is 0 Å². The molecule has 0 heterocycles. The van der Waals surface area contributed by atoms with Crippen molar-refractivity contribution in [3.05, 3.63) is 28.2 Å². The Kier molecular flexibility index (Phi) is 4.65. The van der Waals surface area contributed by atoms with Crippen LogP contribution < -0.4 is 10.6 Å². The highest BCUT2D eigenvalue weighted by Gasteiger charge is 2.30. The van der Waals surface area contributed by atoms with Gasteiger partial charge < -0.3 is 15.4 Å². The highest BCUT2D eigenvalue weighted by atomic mass is 79.9. The Labute approximate surface area is 117 Å². The summed E-state index contributed by atoms with van der Waals surface area (Å²) < 4.78 is 6.32. The summed E-state index contributed by atoms with van der Waals surface area (Å²) in [6.07, 6.45) is 2.54. The van der Waals surface area contributed by atoms with Gasteiger partial charge in [0.25, 0.3) is 0 Å². The first kappa shape index (κ1) is 13.8. The van der Waals surface area contributed by atoms with E-state index in [1.165, 1.54) is 24.1 Å². The molecule has 100 valence electrons. The van der Waals surface area contributed by atoms with Crippen molar-refractivity contribution in [1.29, 1.82) is 0 Å². The minimum atomic E-state index is 0.0527. The molecule has 1 aromatic rings. The van der Waals surface area contributed by atoms with Gasteiger partial charge in [-0.05, 0) is 37.5 Å². The molecule has 1 unspecified atom stereocenters. The molecule has 0 spiro atoms. The van der Waals surface area contributed by atoms with Crippen LogP contribution in [0.25, 0.3) is 0 Å². The number of methoxy groups -OCH3 is 1. The van der Waals surface area contributed by atoms with Gasteiger partial charge in [-0.1, -0.05) is 22.0 Å². The molecule has 2 N–H and O–H groups in total. The van der Waals surface area contributed by atoms with Crippen molar-refractivity contribution in [1.82, 2.24) is 0 Å². The molecule has 1 aliphatic rings. The molecule has 1 aliphatic carbocycles. The maximum atomic E-state index is 6.08. The van der Waals surface area contributed by atoms with Crippen LogP contribution in [0, 0.1) is 0 Å². The number of hydrogen-bond donors (Lipinski definition) is 1. The molecule has 2 rings (SSSR count). The SMILES string of the molecule is COCCN(c1cc(Br)ccc1C(C)N)C1CC1. The topological polar surface area (TPSA) is 38.5 Å². The quantitative estimate of drug-likeness (QED) is 0.877. The molecule has 4 heteroatoms. The van der Waals surface area contributed by atoms with Crippen LogP contribution in [-0.2, 0) is 4.74 Å². The van der Waals surface area contributed by atoms with E-state index >= 15 is 0 Å². The number of ether oxygens (including phenoxy) is 1. The van der Waals surface area contributed by atoms with Crippen LogP contribution in [0.1, 0.15) is 31.4 Å². The van der Waals surface area contributed by atoms with Crippen LogP contribution >= 0.6 is 15.9 Å². The minimum absolute atomic E-state index is 0.0527. The van der Waals surface area contributed by atoms with Gasteiger partial charge in [0.15, 0.2) is 0 Å². The van der Waals surface area contributed by atoms with Crippen LogP contribution in [0.4, 0.5) is 5.69 Å². The summed E-state index contributed by atoms with van der Waals surface area (Å²) >= 11 is 3.55. The van der Waals surface area contributed by atoms with Gasteiger partial charge in [-0.3, -0.25) is 0 Å². The van der Waals surface area contributed by atoms with E-state index in [1.54, 1.807) is 7.11 Å². The zero-order valence-electron chi connectivity index (χ0n) is 11.0. The molecule has 0 aliphatic heterocycles. The fourth-order valence-corrected chi connectivity index (χ4v) is 2.58. The van der Waals surface area contributed by atoms with Crippen molar-refractivity contribution in [3.63, 3.8) is 0 Å². The predicted molar refractivity (Wildman–Crippen MR) is 79.0 cm³/mol. The minimum Gasteiger partial charge on any atom is -0.383 e. The maximum Gasteiger partial charge on any atom is 0.0637 e. The molecule has 3 nitrogen and oxygen atoms in total. The van der Waals surface area contributed by atoms with E-state index in [0.717, 1.165) is 17.6 Å². The van der Waals surface area contributed by atoms with Crippen molar-refractivity contribution in [2.24, 2.45) is 5.73 Å². The van der Waals surface area contributed by atoms with Gasteiger partial charge in [0.05, 0.1) is 6.61 Å².